The van der Waals surface area contributed by atoms with E-state index in [-0.39, 0.29) is 31.6 Å². The van der Waals surface area contributed by atoms with E-state index < -0.39 is 0 Å². The number of hydrogen-bond acceptors (Lipinski definition) is 6. The lowest BCUT2D eigenvalue weighted by molar-refractivity contribution is -0.143. The van der Waals surface area contributed by atoms with Gasteiger partial charge in [0.1, 0.15) is 0 Å². The van der Waals surface area contributed by atoms with Gasteiger partial charge in [0.2, 0.25) is 6.79 Å². The van der Waals surface area contributed by atoms with Crippen LogP contribution < -0.4 is 9.47 Å². The molecule has 2 rings (SSSR count). The molecule has 1 aliphatic rings. The van der Waals surface area contributed by atoms with Crippen molar-refractivity contribution in [2.24, 2.45) is 0 Å². The Hall–Kier alpha value is -2.28. The van der Waals surface area contributed by atoms with Gasteiger partial charge in [0, 0.05) is 25.8 Å². The summed E-state index contributed by atoms with van der Waals surface area (Å²) in [5.41, 5.74) is 0.481. The minimum atomic E-state index is -0.326. The van der Waals surface area contributed by atoms with Crippen molar-refractivity contribution in [3.8, 4) is 11.5 Å². The molecule has 0 saturated carbocycles. The number of fused-ring (bicyclic) bond motifs is 1. The third kappa shape index (κ3) is 4.59. The highest BCUT2D eigenvalue weighted by Crippen LogP contribution is 2.32. The number of rotatable bonds is 8. The zero-order valence-electron chi connectivity index (χ0n) is 13.4. The molecule has 0 bridgehead atoms. The van der Waals surface area contributed by atoms with E-state index in [0.717, 1.165) is 0 Å². The van der Waals surface area contributed by atoms with Gasteiger partial charge in [-0.3, -0.25) is 9.59 Å². The van der Waals surface area contributed by atoms with Crippen molar-refractivity contribution in [1.82, 2.24) is 4.90 Å². The van der Waals surface area contributed by atoms with Crippen molar-refractivity contribution < 1.29 is 28.5 Å². The van der Waals surface area contributed by atoms with Crippen molar-refractivity contribution in [3.63, 3.8) is 0 Å². The molecule has 0 aliphatic carbocycles. The Morgan fingerprint density at radius 1 is 1.22 bits per heavy atom. The van der Waals surface area contributed by atoms with Crippen LogP contribution in [0.5, 0.6) is 11.5 Å². The molecule has 0 atom stereocenters. The summed E-state index contributed by atoms with van der Waals surface area (Å²) >= 11 is 0. The number of hydrogen-bond donors (Lipinski definition) is 0. The van der Waals surface area contributed by atoms with Crippen LogP contribution in [0.3, 0.4) is 0 Å². The minimum absolute atomic E-state index is 0.147. The highest BCUT2D eigenvalue weighted by atomic mass is 16.7. The fourth-order valence-electron chi connectivity index (χ4n) is 2.19. The van der Waals surface area contributed by atoms with Gasteiger partial charge in [0.05, 0.1) is 19.6 Å². The summed E-state index contributed by atoms with van der Waals surface area (Å²) < 4.78 is 20.5. The maximum atomic E-state index is 12.6. The summed E-state index contributed by atoms with van der Waals surface area (Å²) in [5, 5.41) is 0. The van der Waals surface area contributed by atoms with Crippen LogP contribution in [-0.2, 0) is 14.3 Å². The summed E-state index contributed by atoms with van der Waals surface area (Å²) in [6, 6.07) is 5.03. The number of carbonyl (C=O) groups excluding carboxylic acids is 2. The Morgan fingerprint density at radius 3 is 2.74 bits per heavy atom. The lowest BCUT2D eigenvalue weighted by Gasteiger charge is -2.22. The fraction of sp³-hybridized carbons (Fsp3) is 0.500. The first-order valence-corrected chi connectivity index (χ1v) is 7.49. The smallest absolute Gasteiger partial charge is 0.307 e. The maximum Gasteiger partial charge on any atom is 0.307 e. The maximum absolute atomic E-state index is 12.6. The first kappa shape index (κ1) is 17.1. The van der Waals surface area contributed by atoms with E-state index in [9.17, 15) is 9.59 Å². The second-order valence-corrected chi connectivity index (χ2v) is 4.91. The van der Waals surface area contributed by atoms with Crippen LogP contribution in [0.1, 0.15) is 23.7 Å². The summed E-state index contributed by atoms with van der Waals surface area (Å²) in [5.74, 6) is 0.655. The van der Waals surface area contributed by atoms with Gasteiger partial charge in [0.25, 0.3) is 5.91 Å². The molecule has 0 spiro atoms. The van der Waals surface area contributed by atoms with Crippen molar-refractivity contribution in [2.75, 3.05) is 40.2 Å². The molecular formula is C16H21NO6. The van der Waals surface area contributed by atoms with Crippen molar-refractivity contribution in [2.45, 2.75) is 13.3 Å². The largest absolute Gasteiger partial charge is 0.466 e. The van der Waals surface area contributed by atoms with Gasteiger partial charge in [-0.05, 0) is 25.1 Å². The standard InChI is InChI=1S/C16H21NO6/c1-3-21-15(18)6-7-17(8-9-20-2)16(19)12-4-5-13-14(10-12)23-11-22-13/h4-5,10H,3,6-9,11H2,1-2H3. The highest BCUT2D eigenvalue weighted by Gasteiger charge is 2.21. The minimum Gasteiger partial charge on any atom is -0.466 e. The van der Waals surface area contributed by atoms with Gasteiger partial charge in [-0.15, -0.1) is 0 Å². The molecule has 23 heavy (non-hydrogen) atoms. The molecule has 7 nitrogen and oxygen atoms in total. The average Bonchev–Trinajstić information content (AvgIpc) is 3.02. The topological polar surface area (TPSA) is 74.3 Å². The molecule has 1 aromatic rings. The van der Waals surface area contributed by atoms with Gasteiger partial charge < -0.3 is 23.8 Å². The lowest BCUT2D eigenvalue weighted by Crippen LogP contribution is -2.35. The van der Waals surface area contributed by atoms with E-state index in [1.165, 1.54) is 0 Å². The highest BCUT2D eigenvalue weighted by molar-refractivity contribution is 5.95. The summed E-state index contributed by atoms with van der Waals surface area (Å²) in [6.07, 6.45) is 0.147. The first-order chi connectivity index (χ1) is 11.2. The zero-order valence-corrected chi connectivity index (χ0v) is 13.4. The van der Waals surface area contributed by atoms with Crippen LogP contribution >= 0.6 is 0 Å². The van der Waals surface area contributed by atoms with Gasteiger partial charge in [-0.2, -0.15) is 0 Å². The molecule has 7 heteroatoms. The normalized spacial score (nSPS) is 12.1. The quantitative estimate of drug-likeness (QED) is 0.674. The molecule has 0 N–H and O–H groups in total. The number of benzene rings is 1. The fourth-order valence-corrected chi connectivity index (χ4v) is 2.19. The van der Waals surface area contributed by atoms with Crippen molar-refractivity contribution in [3.05, 3.63) is 23.8 Å². The van der Waals surface area contributed by atoms with Crippen LogP contribution in [0, 0.1) is 0 Å². The van der Waals surface area contributed by atoms with E-state index in [1.54, 1.807) is 37.1 Å². The molecule has 126 valence electrons. The average molecular weight is 323 g/mol. The molecule has 0 saturated heterocycles. The molecule has 1 amide bonds. The van der Waals surface area contributed by atoms with Gasteiger partial charge >= 0.3 is 5.97 Å². The Bertz CT molecular complexity index is 560. The molecule has 0 fully saturated rings. The van der Waals surface area contributed by atoms with E-state index in [0.29, 0.717) is 36.8 Å². The van der Waals surface area contributed by atoms with Gasteiger partial charge in [-0.25, -0.2) is 0 Å². The Morgan fingerprint density at radius 2 is 2.00 bits per heavy atom. The molecule has 0 radical (unpaired) electrons. The Balaban J connectivity index is 2.04. The van der Waals surface area contributed by atoms with Crippen LogP contribution in [0.4, 0.5) is 0 Å². The number of amides is 1. The summed E-state index contributed by atoms with van der Waals surface area (Å²) in [4.78, 5) is 25.7. The predicted octanol–water partition coefficient (Wildman–Crippen LogP) is 1.46. The van der Waals surface area contributed by atoms with Crippen molar-refractivity contribution in [1.29, 1.82) is 0 Å². The molecule has 0 aromatic heterocycles. The Kier molecular flexibility index (Phi) is 6.22. The predicted molar refractivity (Wildman–Crippen MR) is 81.6 cm³/mol. The summed E-state index contributed by atoms with van der Waals surface area (Å²) in [7, 11) is 1.56. The van der Waals surface area contributed by atoms with Crippen LogP contribution in [0.15, 0.2) is 18.2 Å². The van der Waals surface area contributed by atoms with E-state index in [2.05, 4.69) is 0 Å². The number of ether oxygens (including phenoxy) is 4. The second-order valence-electron chi connectivity index (χ2n) is 4.91. The van der Waals surface area contributed by atoms with E-state index in [1.807, 2.05) is 0 Å². The number of nitrogens with zero attached hydrogens (tertiary/aromatic N) is 1. The monoisotopic (exact) mass is 323 g/mol. The van der Waals surface area contributed by atoms with Gasteiger partial charge in [-0.1, -0.05) is 0 Å². The Labute approximate surface area is 135 Å². The third-order valence-corrected chi connectivity index (χ3v) is 3.36. The lowest BCUT2D eigenvalue weighted by atomic mass is 10.1. The SMILES string of the molecule is CCOC(=O)CCN(CCOC)C(=O)c1ccc2c(c1)OCO2. The van der Waals surface area contributed by atoms with E-state index in [4.69, 9.17) is 18.9 Å². The molecular weight excluding hydrogens is 302 g/mol. The van der Waals surface area contributed by atoms with Gasteiger partial charge in [0.15, 0.2) is 11.5 Å². The molecule has 1 aliphatic heterocycles. The number of methoxy groups -OCH3 is 1. The zero-order chi connectivity index (χ0) is 16.7. The first-order valence-electron chi connectivity index (χ1n) is 7.49. The molecule has 1 heterocycles. The van der Waals surface area contributed by atoms with Crippen molar-refractivity contribution >= 4 is 11.9 Å². The second kappa shape index (κ2) is 8.38. The number of carbonyl (C=O) groups is 2. The van der Waals surface area contributed by atoms with E-state index >= 15 is 0 Å². The van der Waals surface area contributed by atoms with Crippen LogP contribution in [0.25, 0.3) is 0 Å². The van der Waals surface area contributed by atoms with Crippen LogP contribution in [-0.4, -0.2) is 57.0 Å². The third-order valence-electron chi connectivity index (χ3n) is 3.36. The summed E-state index contributed by atoms with van der Waals surface area (Å²) in [6.45, 7) is 3.28. The number of esters is 1. The molecule has 1 aromatic carbocycles. The van der Waals surface area contributed by atoms with Crippen LogP contribution in [0.2, 0.25) is 0 Å². The molecule has 0 unspecified atom stereocenters.